The fourth-order valence-corrected chi connectivity index (χ4v) is 5.09. The van der Waals surface area contributed by atoms with Crippen molar-refractivity contribution in [3.8, 4) is 5.75 Å². The summed E-state index contributed by atoms with van der Waals surface area (Å²) < 4.78 is 7.08. The van der Waals surface area contributed by atoms with E-state index in [1.807, 2.05) is 80.7 Å². The maximum absolute atomic E-state index is 13.5. The molecule has 2 heterocycles. The Morgan fingerprint density at radius 3 is 2.42 bits per heavy atom. The number of hydrazine groups is 1. The van der Waals surface area contributed by atoms with Gasteiger partial charge in [0.05, 0.1) is 31.1 Å². The normalized spacial score (nSPS) is 14.4. The standard InChI is InChI=1S/C30H30N6O3S/c1-20-9-11-22(12-10-20)26-17-25(21-13-15-24(39-3)16-14-21)34-36(26)28(37)19-40-30-33-32-27(35(30)2)18-31-29(38)23-7-5-4-6-8-23/h4-17,26,34H,18-19H2,1-3H3,(H,31,38). The molecule has 0 saturated heterocycles. The average Bonchev–Trinajstić information content (AvgIpc) is 3.59. The van der Waals surface area contributed by atoms with Crippen LogP contribution >= 0.6 is 11.8 Å². The van der Waals surface area contributed by atoms with E-state index in [2.05, 4.69) is 27.0 Å². The molecule has 1 atom stereocenters. The summed E-state index contributed by atoms with van der Waals surface area (Å²) in [4.78, 5) is 25.9. The highest BCUT2D eigenvalue weighted by Crippen LogP contribution is 2.33. The summed E-state index contributed by atoms with van der Waals surface area (Å²) >= 11 is 1.30. The number of aromatic nitrogens is 3. The lowest BCUT2D eigenvalue weighted by atomic mass is 10.0. The van der Waals surface area contributed by atoms with E-state index in [4.69, 9.17) is 4.74 Å². The summed E-state index contributed by atoms with van der Waals surface area (Å²) in [6.45, 7) is 2.27. The molecule has 2 N–H and O–H groups in total. The van der Waals surface area contributed by atoms with E-state index in [1.54, 1.807) is 28.8 Å². The number of thioether (sulfide) groups is 1. The van der Waals surface area contributed by atoms with Gasteiger partial charge >= 0.3 is 0 Å². The zero-order valence-corrected chi connectivity index (χ0v) is 23.3. The summed E-state index contributed by atoms with van der Waals surface area (Å²) in [6, 6.07) is 24.6. The number of methoxy groups -OCH3 is 1. The van der Waals surface area contributed by atoms with Crippen LogP contribution < -0.4 is 15.5 Å². The first-order chi connectivity index (χ1) is 19.4. The van der Waals surface area contributed by atoms with Crippen LogP contribution in [0.1, 0.15) is 38.9 Å². The van der Waals surface area contributed by atoms with E-state index in [-0.39, 0.29) is 30.2 Å². The SMILES string of the molecule is COc1ccc(C2=CC(c3ccc(C)cc3)N(C(=O)CSc3nnc(CNC(=O)c4ccccc4)n3C)N2)cc1. The number of hydrogen-bond donors (Lipinski definition) is 2. The smallest absolute Gasteiger partial charge is 0.252 e. The van der Waals surface area contributed by atoms with Crippen molar-refractivity contribution in [2.24, 2.45) is 7.05 Å². The molecule has 9 nitrogen and oxygen atoms in total. The molecule has 1 aliphatic rings. The second-order valence-electron chi connectivity index (χ2n) is 9.34. The number of ether oxygens (including phenoxy) is 1. The lowest BCUT2D eigenvalue weighted by molar-refractivity contribution is -0.131. The number of rotatable bonds is 9. The molecule has 4 aromatic rings. The number of hydrogen-bond acceptors (Lipinski definition) is 7. The van der Waals surface area contributed by atoms with Gasteiger partial charge in [-0.3, -0.25) is 15.0 Å². The molecule has 1 aliphatic heterocycles. The molecule has 0 fully saturated rings. The first-order valence-corrected chi connectivity index (χ1v) is 13.8. The molecule has 0 saturated carbocycles. The van der Waals surface area contributed by atoms with Crippen LogP contribution in [-0.2, 0) is 18.4 Å². The van der Waals surface area contributed by atoms with E-state index in [9.17, 15) is 9.59 Å². The Kier molecular flexibility index (Phi) is 8.16. The molecule has 5 rings (SSSR count). The van der Waals surface area contributed by atoms with Crippen LogP contribution in [0.3, 0.4) is 0 Å². The largest absolute Gasteiger partial charge is 0.497 e. The molecule has 10 heteroatoms. The van der Waals surface area contributed by atoms with Gasteiger partial charge in [0.2, 0.25) is 0 Å². The molecular formula is C30H30N6O3S. The molecule has 0 radical (unpaired) electrons. The van der Waals surface area contributed by atoms with Gasteiger partial charge in [0, 0.05) is 12.6 Å². The minimum Gasteiger partial charge on any atom is -0.497 e. The van der Waals surface area contributed by atoms with Crippen molar-refractivity contribution in [2.75, 3.05) is 12.9 Å². The topological polar surface area (TPSA) is 101 Å². The number of amides is 2. The Morgan fingerprint density at radius 1 is 1.00 bits per heavy atom. The van der Waals surface area contributed by atoms with Crippen LogP contribution in [0.4, 0.5) is 0 Å². The van der Waals surface area contributed by atoms with Crippen LogP contribution in [-0.4, -0.2) is 44.5 Å². The summed E-state index contributed by atoms with van der Waals surface area (Å²) in [5, 5.41) is 13.6. The van der Waals surface area contributed by atoms with Gasteiger partial charge in [0.25, 0.3) is 11.8 Å². The molecule has 40 heavy (non-hydrogen) atoms. The minimum atomic E-state index is -0.269. The highest BCUT2D eigenvalue weighted by atomic mass is 32.2. The third kappa shape index (κ3) is 6.02. The van der Waals surface area contributed by atoms with Crippen LogP contribution in [0.2, 0.25) is 0 Å². The minimum absolute atomic E-state index is 0.0998. The van der Waals surface area contributed by atoms with Crippen molar-refractivity contribution in [2.45, 2.75) is 24.7 Å². The Hall–Kier alpha value is -4.57. The molecule has 204 valence electrons. The van der Waals surface area contributed by atoms with Crippen molar-refractivity contribution < 1.29 is 14.3 Å². The van der Waals surface area contributed by atoms with Gasteiger partial charge in [-0.05, 0) is 60.5 Å². The number of benzene rings is 3. The zero-order chi connectivity index (χ0) is 28.1. The average molecular weight is 555 g/mol. The van der Waals surface area contributed by atoms with Crippen LogP contribution in [0.15, 0.2) is 90.1 Å². The third-order valence-electron chi connectivity index (χ3n) is 6.63. The van der Waals surface area contributed by atoms with E-state index in [0.29, 0.717) is 16.5 Å². The molecule has 1 unspecified atom stereocenters. The van der Waals surface area contributed by atoms with E-state index < -0.39 is 0 Å². The van der Waals surface area contributed by atoms with Crippen molar-refractivity contribution in [1.82, 2.24) is 30.5 Å². The van der Waals surface area contributed by atoms with Gasteiger partial charge in [-0.25, -0.2) is 5.01 Å². The van der Waals surface area contributed by atoms with Gasteiger partial charge in [-0.2, -0.15) is 0 Å². The number of carbonyl (C=O) groups is 2. The van der Waals surface area contributed by atoms with E-state index in [0.717, 1.165) is 28.1 Å². The highest BCUT2D eigenvalue weighted by molar-refractivity contribution is 7.99. The maximum Gasteiger partial charge on any atom is 0.252 e. The number of carbonyl (C=O) groups excluding carboxylic acids is 2. The van der Waals surface area contributed by atoms with E-state index in [1.165, 1.54) is 11.8 Å². The Balaban J connectivity index is 1.26. The number of aryl methyl sites for hydroxylation is 1. The molecule has 0 aliphatic carbocycles. The summed E-state index contributed by atoms with van der Waals surface area (Å²) in [5.41, 5.74) is 7.86. The van der Waals surface area contributed by atoms with Crippen molar-refractivity contribution in [3.05, 3.63) is 113 Å². The maximum atomic E-state index is 13.5. The first kappa shape index (κ1) is 27.0. The quantitative estimate of drug-likeness (QED) is 0.298. The summed E-state index contributed by atoms with van der Waals surface area (Å²) in [7, 11) is 3.46. The monoisotopic (exact) mass is 554 g/mol. The fraction of sp³-hybridized carbons (Fsp3) is 0.200. The Morgan fingerprint density at radius 2 is 1.73 bits per heavy atom. The van der Waals surface area contributed by atoms with E-state index >= 15 is 0 Å². The van der Waals surface area contributed by atoms with Crippen molar-refractivity contribution in [1.29, 1.82) is 0 Å². The zero-order valence-electron chi connectivity index (χ0n) is 22.5. The molecule has 0 bridgehead atoms. The molecule has 0 spiro atoms. The number of nitrogens with one attached hydrogen (secondary N) is 2. The van der Waals surface area contributed by atoms with Gasteiger partial charge in [-0.15, -0.1) is 10.2 Å². The number of nitrogens with zero attached hydrogens (tertiary/aromatic N) is 4. The van der Waals surface area contributed by atoms with Gasteiger partial charge in [0.15, 0.2) is 11.0 Å². The highest BCUT2D eigenvalue weighted by Gasteiger charge is 2.31. The van der Waals surface area contributed by atoms with Gasteiger partial charge in [-0.1, -0.05) is 59.8 Å². The molecule has 3 aromatic carbocycles. The first-order valence-electron chi connectivity index (χ1n) is 12.8. The third-order valence-corrected chi connectivity index (χ3v) is 7.63. The van der Waals surface area contributed by atoms with Crippen LogP contribution in [0, 0.1) is 6.92 Å². The predicted octanol–water partition coefficient (Wildman–Crippen LogP) is 4.28. The Labute approximate surface area is 237 Å². The second-order valence-corrected chi connectivity index (χ2v) is 10.3. The lowest BCUT2D eigenvalue weighted by Crippen LogP contribution is -2.40. The van der Waals surface area contributed by atoms with Gasteiger partial charge < -0.3 is 14.6 Å². The predicted molar refractivity (Wildman–Crippen MR) is 154 cm³/mol. The fourth-order valence-electron chi connectivity index (χ4n) is 4.30. The summed E-state index contributed by atoms with van der Waals surface area (Å²) in [6.07, 6.45) is 2.06. The van der Waals surface area contributed by atoms with Crippen LogP contribution in [0.25, 0.3) is 5.70 Å². The Bertz CT molecular complexity index is 1520. The van der Waals surface area contributed by atoms with Gasteiger partial charge in [0.1, 0.15) is 5.75 Å². The van der Waals surface area contributed by atoms with Crippen molar-refractivity contribution in [3.63, 3.8) is 0 Å². The van der Waals surface area contributed by atoms with Crippen LogP contribution in [0.5, 0.6) is 5.75 Å². The molecule has 1 aromatic heterocycles. The molecule has 2 amide bonds. The summed E-state index contributed by atoms with van der Waals surface area (Å²) in [5.74, 6) is 1.23. The molecular weight excluding hydrogens is 524 g/mol. The van der Waals surface area contributed by atoms with Crippen molar-refractivity contribution >= 4 is 29.3 Å². The second kappa shape index (κ2) is 12.1. The lowest BCUT2D eigenvalue weighted by Gasteiger charge is -2.25.